The van der Waals surface area contributed by atoms with Gasteiger partial charge in [0.15, 0.2) is 0 Å². The molecule has 0 aliphatic carbocycles. The largest absolute Gasteiger partial charge is 0.441 e. The molecule has 1 aromatic carbocycles. The third-order valence-electron chi connectivity index (χ3n) is 2.24. The first-order chi connectivity index (χ1) is 8.56. The number of thiol groups is 1. The van der Waals surface area contributed by atoms with E-state index < -0.39 is 17.1 Å². The topological polar surface area (TPSA) is 81.5 Å². The fourth-order valence-electron chi connectivity index (χ4n) is 1.42. The number of carbonyl (C=O) groups is 1. The highest BCUT2D eigenvalue weighted by atomic mass is 32.1. The number of nitrogens with zero attached hydrogens (tertiary/aromatic N) is 1. The molecule has 1 aromatic rings. The summed E-state index contributed by atoms with van der Waals surface area (Å²) < 4.78 is 5.04. The van der Waals surface area contributed by atoms with E-state index in [9.17, 15) is 14.9 Å². The lowest BCUT2D eigenvalue weighted by atomic mass is 10.1. The van der Waals surface area contributed by atoms with Crippen molar-refractivity contribution in [3.05, 3.63) is 39.9 Å². The van der Waals surface area contributed by atoms with Crippen LogP contribution in [0.25, 0.3) is 0 Å². The predicted octanol–water partition coefficient (Wildman–Crippen LogP) is 2.31. The van der Waals surface area contributed by atoms with Gasteiger partial charge in [0.1, 0.15) is 6.10 Å². The molecule has 6 nitrogen and oxygen atoms in total. The van der Waals surface area contributed by atoms with Gasteiger partial charge in [-0.2, -0.15) is 12.6 Å². The Kier molecular flexibility index (Phi) is 5.44. The lowest BCUT2D eigenvalue weighted by Gasteiger charge is -2.13. The highest BCUT2D eigenvalue weighted by Crippen LogP contribution is 2.26. The second-order valence-electron chi connectivity index (χ2n) is 3.51. The van der Waals surface area contributed by atoms with Crippen molar-refractivity contribution in [1.29, 1.82) is 0 Å². The van der Waals surface area contributed by atoms with Crippen molar-refractivity contribution in [3.63, 3.8) is 0 Å². The molecule has 0 aliphatic rings. The van der Waals surface area contributed by atoms with Crippen molar-refractivity contribution in [3.8, 4) is 0 Å². The summed E-state index contributed by atoms with van der Waals surface area (Å²) in [5.41, 5.74) is 0.301. The number of nitro groups is 1. The minimum atomic E-state index is -0.688. The summed E-state index contributed by atoms with van der Waals surface area (Å²) >= 11 is 3.94. The van der Waals surface area contributed by atoms with Gasteiger partial charge in [-0.1, -0.05) is 12.1 Å². The van der Waals surface area contributed by atoms with E-state index in [1.165, 1.54) is 6.07 Å². The first-order valence-corrected chi connectivity index (χ1v) is 5.98. The van der Waals surface area contributed by atoms with Crippen LogP contribution in [0.1, 0.15) is 18.6 Å². The average Bonchev–Trinajstić information content (AvgIpc) is 2.36. The van der Waals surface area contributed by atoms with Crippen LogP contribution in [0.3, 0.4) is 0 Å². The van der Waals surface area contributed by atoms with Crippen LogP contribution in [-0.2, 0) is 4.74 Å². The quantitative estimate of drug-likeness (QED) is 0.488. The van der Waals surface area contributed by atoms with Gasteiger partial charge in [-0.3, -0.25) is 10.1 Å². The Bertz CT molecular complexity index is 439. The van der Waals surface area contributed by atoms with E-state index in [1.807, 2.05) is 0 Å². The molecule has 0 bridgehead atoms. The fourth-order valence-corrected chi connectivity index (χ4v) is 1.53. The van der Waals surface area contributed by atoms with Crippen LogP contribution in [0, 0.1) is 10.1 Å². The van der Waals surface area contributed by atoms with Crippen LogP contribution in [0.2, 0.25) is 0 Å². The Balaban J connectivity index is 2.75. The molecule has 98 valence electrons. The average molecular weight is 270 g/mol. The second-order valence-corrected chi connectivity index (χ2v) is 3.96. The first kappa shape index (κ1) is 14.3. The van der Waals surface area contributed by atoms with Gasteiger partial charge in [-0.25, -0.2) is 4.79 Å². The summed E-state index contributed by atoms with van der Waals surface area (Å²) in [6.07, 6.45) is -1.30. The third kappa shape index (κ3) is 3.92. The number of amides is 1. The van der Waals surface area contributed by atoms with Crippen molar-refractivity contribution in [2.45, 2.75) is 13.0 Å². The summed E-state index contributed by atoms with van der Waals surface area (Å²) in [5, 5.41) is 13.3. The summed E-state index contributed by atoms with van der Waals surface area (Å²) in [4.78, 5) is 21.7. The zero-order chi connectivity index (χ0) is 13.5. The molecule has 0 radical (unpaired) electrons. The van der Waals surface area contributed by atoms with E-state index >= 15 is 0 Å². The molecule has 0 heterocycles. The molecule has 0 aliphatic heterocycles. The highest BCUT2D eigenvalue weighted by Gasteiger charge is 2.20. The molecule has 0 spiro atoms. The van der Waals surface area contributed by atoms with Crippen LogP contribution in [-0.4, -0.2) is 23.3 Å². The number of hydrogen-bond donors (Lipinski definition) is 2. The summed E-state index contributed by atoms with van der Waals surface area (Å²) in [6.45, 7) is 1.97. The van der Waals surface area contributed by atoms with Crippen LogP contribution < -0.4 is 5.32 Å². The van der Waals surface area contributed by atoms with Crippen molar-refractivity contribution in [2.75, 3.05) is 12.3 Å². The molecule has 1 amide bonds. The molecule has 1 atom stereocenters. The second kappa shape index (κ2) is 6.85. The van der Waals surface area contributed by atoms with Crippen molar-refractivity contribution >= 4 is 24.4 Å². The maximum absolute atomic E-state index is 11.3. The maximum atomic E-state index is 11.3. The summed E-state index contributed by atoms with van der Waals surface area (Å²) in [6, 6.07) is 6.17. The lowest BCUT2D eigenvalue weighted by Crippen LogP contribution is -2.27. The number of carbonyl (C=O) groups excluding carboxylic acids is 1. The van der Waals surface area contributed by atoms with E-state index in [1.54, 1.807) is 25.1 Å². The van der Waals surface area contributed by atoms with E-state index in [0.29, 0.717) is 17.9 Å². The number of hydrogen-bond acceptors (Lipinski definition) is 5. The van der Waals surface area contributed by atoms with Gasteiger partial charge in [0, 0.05) is 18.4 Å². The molecule has 0 fully saturated rings. The minimum absolute atomic E-state index is 0.0630. The number of alkyl carbamates (subject to hydrolysis) is 1. The Morgan fingerprint density at radius 1 is 1.56 bits per heavy atom. The van der Waals surface area contributed by atoms with E-state index in [0.717, 1.165) is 0 Å². The molecule has 0 aromatic heterocycles. The van der Waals surface area contributed by atoms with Gasteiger partial charge in [0.2, 0.25) is 0 Å². The van der Waals surface area contributed by atoms with E-state index in [4.69, 9.17) is 4.74 Å². The first-order valence-electron chi connectivity index (χ1n) is 5.35. The molecule has 1 unspecified atom stereocenters. The summed E-state index contributed by atoms with van der Waals surface area (Å²) in [7, 11) is 0. The van der Waals surface area contributed by atoms with Crippen LogP contribution in [0.5, 0.6) is 0 Å². The number of ether oxygens (including phenoxy) is 1. The zero-order valence-corrected chi connectivity index (χ0v) is 10.7. The fraction of sp³-hybridized carbons (Fsp3) is 0.364. The van der Waals surface area contributed by atoms with Gasteiger partial charge >= 0.3 is 6.09 Å². The zero-order valence-electron chi connectivity index (χ0n) is 9.83. The maximum Gasteiger partial charge on any atom is 0.407 e. The molecule has 0 saturated heterocycles. The smallest absolute Gasteiger partial charge is 0.407 e. The molecule has 0 saturated carbocycles. The molecule has 1 N–H and O–H groups in total. The number of benzene rings is 1. The molecular weight excluding hydrogens is 256 g/mol. The summed E-state index contributed by atoms with van der Waals surface area (Å²) in [5.74, 6) is 0.495. The molecule has 7 heteroatoms. The third-order valence-corrected chi connectivity index (χ3v) is 2.46. The van der Waals surface area contributed by atoms with Crippen LogP contribution >= 0.6 is 12.6 Å². The SMILES string of the molecule is CC(OC(=O)NCCS)c1ccccc1[N+](=O)[O-]. The molecule has 18 heavy (non-hydrogen) atoms. The highest BCUT2D eigenvalue weighted by molar-refractivity contribution is 7.80. The van der Waals surface area contributed by atoms with Crippen molar-refractivity contribution < 1.29 is 14.5 Å². The van der Waals surface area contributed by atoms with Gasteiger partial charge < -0.3 is 10.1 Å². The normalized spacial score (nSPS) is 11.7. The predicted molar refractivity (Wildman–Crippen MR) is 69.8 cm³/mol. The minimum Gasteiger partial charge on any atom is -0.441 e. The van der Waals surface area contributed by atoms with Crippen molar-refractivity contribution in [2.24, 2.45) is 0 Å². The monoisotopic (exact) mass is 270 g/mol. The van der Waals surface area contributed by atoms with Crippen LogP contribution in [0.4, 0.5) is 10.5 Å². The Morgan fingerprint density at radius 3 is 2.83 bits per heavy atom. The van der Waals surface area contributed by atoms with Gasteiger partial charge in [-0.15, -0.1) is 0 Å². The van der Waals surface area contributed by atoms with Gasteiger partial charge in [0.05, 0.1) is 10.5 Å². The standard InChI is InChI=1S/C11H14N2O4S/c1-8(17-11(14)12-6-7-18)9-4-2-3-5-10(9)13(15)16/h2-5,8,18H,6-7H2,1H3,(H,12,14). The number of nitro benzene ring substituents is 1. The Labute approximate surface area is 110 Å². The Hall–Kier alpha value is -1.76. The van der Waals surface area contributed by atoms with E-state index in [-0.39, 0.29) is 5.69 Å². The van der Waals surface area contributed by atoms with Gasteiger partial charge in [-0.05, 0) is 13.0 Å². The number of nitrogens with one attached hydrogen (secondary N) is 1. The lowest BCUT2D eigenvalue weighted by molar-refractivity contribution is -0.386. The number of para-hydroxylation sites is 1. The number of rotatable bonds is 5. The molecule has 1 rings (SSSR count). The van der Waals surface area contributed by atoms with E-state index in [2.05, 4.69) is 17.9 Å². The Morgan fingerprint density at radius 2 is 2.22 bits per heavy atom. The molecular formula is C11H14N2O4S. The van der Waals surface area contributed by atoms with Crippen LogP contribution in [0.15, 0.2) is 24.3 Å². The van der Waals surface area contributed by atoms with Crippen molar-refractivity contribution in [1.82, 2.24) is 5.32 Å². The van der Waals surface area contributed by atoms with Gasteiger partial charge in [0.25, 0.3) is 5.69 Å².